The number of nitrogens with zero attached hydrogens (tertiary/aromatic N) is 1. The van der Waals surface area contributed by atoms with E-state index in [1.54, 1.807) is 38.3 Å². The van der Waals surface area contributed by atoms with Crippen molar-refractivity contribution in [2.45, 2.75) is 38.8 Å². The summed E-state index contributed by atoms with van der Waals surface area (Å²) >= 11 is 0. The van der Waals surface area contributed by atoms with Crippen molar-refractivity contribution in [3.8, 4) is 5.75 Å². The predicted octanol–water partition coefficient (Wildman–Crippen LogP) is 3.37. The number of ketones is 1. The third kappa shape index (κ3) is 3.50. The second kappa shape index (κ2) is 7.99. The summed E-state index contributed by atoms with van der Waals surface area (Å²) in [5.74, 6) is 0.320. The highest BCUT2D eigenvalue weighted by Gasteiger charge is 2.47. The lowest BCUT2D eigenvalue weighted by Gasteiger charge is -2.23. The van der Waals surface area contributed by atoms with E-state index in [1.807, 2.05) is 13.0 Å². The van der Waals surface area contributed by atoms with E-state index in [1.165, 1.54) is 4.90 Å². The quantitative estimate of drug-likeness (QED) is 0.339. The zero-order valence-corrected chi connectivity index (χ0v) is 17.3. The third-order valence-electron chi connectivity index (χ3n) is 5.49. The first-order chi connectivity index (χ1) is 14.4. The number of fused-ring (bicyclic) bond motifs is 1. The van der Waals surface area contributed by atoms with Gasteiger partial charge < -0.3 is 23.9 Å². The maximum Gasteiger partial charge on any atom is 0.295 e. The molecule has 0 bridgehead atoms. The topological polar surface area (TPSA) is 89.2 Å². The van der Waals surface area contributed by atoms with Gasteiger partial charge in [-0.3, -0.25) is 9.59 Å². The van der Waals surface area contributed by atoms with E-state index in [0.29, 0.717) is 36.7 Å². The molecule has 1 saturated heterocycles. The molecule has 1 fully saturated rings. The molecule has 0 aliphatic carbocycles. The summed E-state index contributed by atoms with van der Waals surface area (Å²) in [4.78, 5) is 27.2. The number of carbonyl (C=O) groups excluding carboxylic acids is 2. The molecule has 4 rings (SSSR count). The van der Waals surface area contributed by atoms with Crippen molar-refractivity contribution in [3.05, 3.63) is 58.6 Å². The van der Waals surface area contributed by atoms with Gasteiger partial charge in [-0.25, -0.2) is 0 Å². The third-order valence-corrected chi connectivity index (χ3v) is 5.49. The molecule has 0 unspecified atom stereocenters. The molecule has 30 heavy (non-hydrogen) atoms. The van der Waals surface area contributed by atoms with Crippen LogP contribution in [0.2, 0.25) is 0 Å². The molecule has 7 nitrogen and oxygen atoms in total. The minimum absolute atomic E-state index is 0.0404. The van der Waals surface area contributed by atoms with Crippen molar-refractivity contribution in [1.82, 2.24) is 4.90 Å². The first-order valence-corrected chi connectivity index (χ1v) is 10.0. The molecule has 1 aromatic heterocycles. The summed E-state index contributed by atoms with van der Waals surface area (Å²) in [5.41, 5.74) is 1.49. The largest absolute Gasteiger partial charge is 0.507 e. The van der Waals surface area contributed by atoms with Gasteiger partial charge in [0.2, 0.25) is 0 Å². The predicted molar refractivity (Wildman–Crippen MR) is 109 cm³/mol. The Kier molecular flexibility index (Phi) is 5.39. The molecule has 1 amide bonds. The average Bonchev–Trinajstić information content (AvgIpc) is 3.38. The van der Waals surface area contributed by atoms with E-state index in [0.717, 1.165) is 17.7 Å². The number of carbonyl (C=O) groups is 2. The Morgan fingerprint density at radius 1 is 1.27 bits per heavy atom. The zero-order valence-electron chi connectivity index (χ0n) is 17.3. The number of ether oxygens (including phenoxy) is 2. The Bertz CT molecular complexity index is 1020. The second-order valence-corrected chi connectivity index (χ2v) is 7.74. The summed E-state index contributed by atoms with van der Waals surface area (Å²) < 4.78 is 16.6. The van der Waals surface area contributed by atoms with Crippen LogP contribution in [0.25, 0.3) is 5.76 Å². The standard InChI is InChI=1S/C23H25NO6/c1-13-5-7-18(29-13)20-19(22(26)23(27)24(20)9-4-10-28-3)21(25)15-6-8-17-16(12-15)11-14(2)30-17/h5-8,12,14,20,25H,4,9-11H2,1-3H3/t14-,20-/m1/s1. The Hall–Kier alpha value is -3.06. The molecular formula is C23H25NO6. The summed E-state index contributed by atoms with van der Waals surface area (Å²) in [6, 6.07) is 8.04. The van der Waals surface area contributed by atoms with Crippen LogP contribution in [0.15, 0.2) is 40.3 Å². The van der Waals surface area contributed by atoms with Gasteiger partial charge in [-0.2, -0.15) is 0 Å². The van der Waals surface area contributed by atoms with Crippen molar-refractivity contribution >= 4 is 17.4 Å². The van der Waals surface area contributed by atoms with Gasteiger partial charge in [0.25, 0.3) is 11.7 Å². The number of furan rings is 1. The highest BCUT2D eigenvalue weighted by Crippen LogP contribution is 2.41. The molecule has 1 aromatic carbocycles. The molecule has 2 aromatic rings. The molecule has 0 radical (unpaired) electrons. The first-order valence-electron chi connectivity index (χ1n) is 10.0. The van der Waals surface area contributed by atoms with Crippen LogP contribution in [0.5, 0.6) is 5.75 Å². The molecule has 1 N–H and O–H groups in total. The van der Waals surface area contributed by atoms with Gasteiger partial charge in [0.1, 0.15) is 35.2 Å². The van der Waals surface area contributed by atoms with E-state index < -0.39 is 17.7 Å². The molecule has 2 aliphatic heterocycles. The van der Waals surface area contributed by atoms with Gasteiger partial charge in [-0.1, -0.05) is 0 Å². The number of aliphatic hydroxyl groups excluding tert-OH is 1. The molecule has 0 saturated carbocycles. The molecule has 0 spiro atoms. The monoisotopic (exact) mass is 411 g/mol. The molecule has 2 atom stereocenters. The van der Waals surface area contributed by atoms with Crippen LogP contribution in [0.1, 0.15) is 42.0 Å². The van der Waals surface area contributed by atoms with E-state index >= 15 is 0 Å². The summed E-state index contributed by atoms with van der Waals surface area (Å²) in [7, 11) is 1.58. The van der Waals surface area contributed by atoms with Crippen molar-refractivity contribution in [3.63, 3.8) is 0 Å². The smallest absolute Gasteiger partial charge is 0.295 e. The second-order valence-electron chi connectivity index (χ2n) is 7.74. The van der Waals surface area contributed by atoms with E-state index in [4.69, 9.17) is 13.9 Å². The normalized spacial score (nSPS) is 22.4. The Balaban J connectivity index is 1.78. The summed E-state index contributed by atoms with van der Waals surface area (Å²) in [5, 5.41) is 11.1. The molecule has 2 aliphatic rings. The first kappa shape index (κ1) is 20.2. The Morgan fingerprint density at radius 3 is 2.77 bits per heavy atom. The van der Waals surface area contributed by atoms with Gasteiger partial charge in [-0.15, -0.1) is 0 Å². The van der Waals surface area contributed by atoms with Gasteiger partial charge in [0, 0.05) is 32.2 Å². The van der Waals surface area contributed by atoms with Crippen molar-refractivity contribution in [1.29, 1.82) is 0 Å². The lowest BCUT2D eigenvalue weighted by Crippen LogP contribution is -2.31. The highest BCUT2D eigenvalue weighted by atomic mass is 16.5. The number of amides is 1. The minimum atomic E-state index is -0.779. The summed E-state index contributed by atoms with van der Waals surface area (Å²) in [6.07, 6.45) is 1.35. The van der Waals surface area contributed by atoms with Crippen LogP contribution in [-0.4, -0.2) is 48.1 Å². The molecule has 7 heteroatoms. The van der Waals surface area contributed by atoms with E-state index in [-0.39, 0.29) is 17.4 Å². The minimum Gasteiger partial charge on any atom is -0.507 e. The number of Topliss-reactive ketones (excluding diaryl/α,β-unsaturated/α-hetero) is 1. The van der Waals surface area contributed by atoms with Crippen molar-refractivity contribution < 1.29 is 28.6 Å². The van der Waals surface area contributed by atoms with E-state index in [2.05, 4.69) is 0 Å². The number of aryl methyl sites for hydroxylation is 1. The number of benzene rings is 1. The molecule has 3 heterocycles. The van der Waals surface area contributed by atoms with E-state index in [9.17, 15) is 14.7 Å². The van der Waals surface area contributed by atoms with Gasteiger partial charge in [0.15, 0.2) is 0 Å². The number of methoxy groups -OCH3 is 1. The Labute approximate surface area is 174 Å². The van der Waals surface area contributed by atoms with Crippen LogP contribution >= 0.6 is 0 Å². The zero-order chi connectivity index (χ0) is 21.4. The fourth-order valence-electron chi connectivity index (χ4n) is 4.11. The average molecular weight is 411 g/mol. The molecular weight excluding hydrogens is 386 g/mol. The Morgan fingerprint density at radius 2 is 2.07 bits per heavy atom. The number of hydrogen-bond acceptors (Lipinski definition) is 6. The van der Waals surface area contributed by atoms with Crippen LogP contribution in [0.3, 0.4) is 0 Å². The highest BCUT2D eigenvalue weighted by molar-refractivity contribution is 6.46. The van der Waals surface area contributed by atoms with Crippen LogP contribution in [-0.2, 0) is 20.7 Å². The maximum absolute atomic E-state index is 12.9. The van der Waals surface area contributed by atoms with Gasteiger partial charge in [-0.05, 0) is 56.2 Å². The fraction of sp³-hybridized carbons (Fsp3) is 0.391. The SMILES string of the molecule is COCCCN1C(=O)C(=O)C(=C(O)c2ccc3c(c2)C[C@@H](C)O3)[C@H]1c1ccc(C)o1. The van der Waals surface area contributed by atoms with Crippen molar-refractivity contribution in [2.24, 2.45) is 0 Å². The fourth-order valence-corrected chi connectivity index (χ4v) is 4.11. The number of aliphatic hydroxyl groups is 1. The van der Waals surface area contributed by atoms with Gasteiger partial charge >= 0.3 is 0 Å². The van der Waals surface area contributed by atoms with Crippen LogP contribution in [0.4, 0.5) is 0 Å². The number of rotatable bonds is 6. The number of likely N-dealkylation sites (tertiary alicyclic amines) is 1. The lowest BCUT2D eigenvalue weighted by atomic mass is 9.97. The van der Waals surface area contributed by atoms with Crippen LogP contribution in [0, 0.1) is 6.92 Å². The lowest BCUT2D eigenvalue weighted by molar-refractivity contribution is -0.140. The molecule has 158 valence electrons. The van der Waals surface area contributed by atoms with Crippen molar-refractivity contribution in [2.75, 3.05) is 20.3 Å². The summed E-state index contributed by atoms with van der Waals surface area (Å²) in [6.45, 7) is 4.54. The van der Waals surface area contributed by atoms with Crippen LogP contribution < -0.4 is 4.74 Å². The maximum atomic E-state index is 12.9. The number of hydrogen-bond donors (Lipinski definition) is 1. The van der Waals surface area contributed by atoms with Gasteiger partial charge in [0.05, 0.1) is 5.57 Å².